The highest BCUT2D eigenvalue weighted by Crippen LogP contribution is 2.43. The fourth-order valence-electron chi connectivity index (χ4n) is 2.93. The van der Waals surface area contributed by atoms with Crippen LogP contribution in [0.3, 0.4) is 0 Å². The van der Waals surface area contributed by atoms with E-state index in [4.69, 9.17) is 9.84 Å². The molecule has 1 aliphatic carbocycles. The van der Waals surface area contributed by atoms with E-state index in [1.807, 2.05) is 37.3 Å². The van der Waals surface area contributed by atoms with Crippen LogP contribution in [0.5, 0.6) is 5.75 Å². The molecule has 1 saturated carbocycles. The molecule has 2 aliphatic rings. The molecule has 5 heteroatoms. The van der Waals surface area contributed by atoms with Crippen LogP contribution in [-0.2, 0) is 9.59 Å². The summed E-state index contributed by atoms with van der Waals surface area (Å²) in [5, 5.41) is 9.17. The monoisotopic (exact) mass is 289 g/mol. The van der Waals surface area contributed by atoms with Crippen LogP contribution in [-0.4, -0.2) is 40.6 Å². The van der Waals surface area contributed by atoms with Gasteiger partial charge in [-0.2, -0.15) is 0 Å². The number of aliphatic carboxylic acids is 1. The van der Waals surface area contributed by atoms with Gasteiger partial charge in [-0.1, -0.05) is 25.1 Å². The van der Waals surface area contributed by atoms with E-state index in [0.717, 1.165) is 0 Å². The van der Waals surface area contributed by atoms with Crippen LogP contribution in [0.25, 0.3) is 0 Å². The van der Waals surface area contributed by atoms with Gasteiger partial charge in [0.2, 0.25) is 0 Å². The molecule has 21 heavy (non-hydrogen) atoms. The summed E-state index contributed by atoms with van der Waals surface area (Å²) in [6.45, 7) is 2.66. The predicted molar refractivity (Wildman–Crippen MR) is 75.9 cm³/mol. The van der Waals surface area contributed by atoms with E-state index in [1.165, 1.54) is 0 Å². The van der Waals surface area contributed by atoms with Crippen LogP contribution in [0.1, 0.15) is 19.8 Å². The summed E-state index contributed by atoms with van der Waals surface area (Å²) >= 11 is 0. The van der Waals surface area contributed by atoms with Crippen molar-refractivity contribution in [3.8, 4) is 5.75 Å². The zero-order chi connectivity index (χ0) is 15.0. The number of ether oxygens (including phenoxy) is 1. The maximum absolute atomic E-state index is 12.7. The Morgan fingerprint density at radius 3 is 2.43 bits per heavy atom. The minimum Gasteiger partial charge on any atom is -0.481 e. The molecule has 1 aromatic carbocycles. The summed E-state index contributed by atoms with van der Waals surface area (Å²) < 4.78 is 5.88. The van der Waals surface area contributed by atoms with Gasteiger partial charge in [-0.3, -0.25) is 9.59 Å². The van der Waals surface area contributed by atoms with Crippen LogP contribution in [0, 0.1) is 11.8 Å². The summed E-state index contributed by atoms with van der Waals surface area (Å²) in [4.78, 5) is 25.5. The molecule has 1 saturated heterocycles. The number of hydrogen-bond donors (Lipinski definition) is 1. The second kappa shape index (κ2) is 5.06. The first-order valence-corrected chi connectivity index (χ1v) is 7.28. The van der Waals surface area contributed by atoms with E-state index in [9.17, 15) is 9.59 Å². The lowest BCUT2D eigenvalue weighted by Crippen LogP contribution is -2.43. The quantitative estimate of drug-likeness (QED) is 0.917. The van der Waals surface area contributed by atoms with Gasteiger partial charge in [-0.15, -0.1) is 0 Å². The van der Waals surface area contributed by atoms with Gasteiger partial charge >= 0.3 is 5.97 Å². The highest BCUT2D eigenvalue weighted by Gasteiger charge is 2.56. The molecule has 112 valence electrons. The van der Waals surface area contributed by atoms with Crippen molar-refractivity contribution in [1.29, 1.82) is 0 Å². The lowest BCUT2D eigenvalue weighted by molar-refractivity contribution is -0.143. The molecular weight excluding hydrogens is 270 g/mol. The van der Waals surface area contributed by atoms with Crippen LogP contribution in [0.15, 0.2) is 30.3 Å². The van der Waals surface area contributed by atoms with E-state index in [1.54, 1.807) is 4.90 Å². The van der Waals surface area contributed by atoms with Crippen molar-refractivity contribution in [2.24, 2.45) is 11.8 Å². The molecule has 0 radical (unpaired) electrons. The van der Waals surface area contributed by atoms with Gasteiger partial charge in [0, 0.05) is 25.9 Å². The molecule has 0 unspecified atom stereocenters. The summed E-state index contributed by atoms with van der Waals surface area (Å²) in [6.07, 6.45) is 1.40. The molecule has 0 aromatic heterocycles. The summed E-state index contributed by atoms with van der Waals surface area (Å²) in [5.41, 5.74) is -0.769. The minimum absolute atomic E-state index is 0.0148. The molecule has 2 atom stereocenters. The normalized spacial score (nSPS) is 26.4. The average molecular weight is 289 g/mol. The number of carboxylic acid groups (broad SMARTS) is 1. The Kier molecular flexibility index (Phi) is 3.35. The second-order valence-corrected chi connectivity index (χ2v) is 6.04. The Hall–Kier alpha value is -2.04. The maximum Gasteiger partial charge on any atom is 0.308 e. The Labute approximate surface area is 123 Å². The van der Waals surface area contributed by atoms with Gasteiger partial charge in [0.15, 0.2) is 5.60 Å². The van der Waals surface area contributed by atoms with Gasteiger partial charge in [0.25, 0.3) is 5.91 Å². The fraction of sp³-hybridized carbons (Fsp3) is 0.500. The molecule has 1 heterocycles. The van der Waals surface area contributed by atoms with Crippen molar-refractivity contribution in [2.45, 2.75) is 25.4 Å². The molecule has 1 amide bonds. The smallest absolute Gasteiger partial charge is 0.308 e. The Balaban J connectivity index is 1.70. The van der Waals surface area contributed by atoms with Crippen LogP contribution < -0.4 is 4.74 Å². The summed E-state index contributed by atoms with van der Waals surface area (Å²) in [5.74, 6) is -0.695. The molecular formula is C16H19NO4. The van der Waals surface area contributed by atoms with Crippen LogP contribution in [0.4, 0.5) is 0 Å². The third kappa shape index (κ3) is 2.60. The van der Waals surface area contributed by atoms with Crippen molar-refractivity contribution in [3.05, 3.63) is 30.3 Å². The topological polar surface area (TPSA) is 66.8 Å². The second-order valence-electron chi connectivity index (χ2n) is 6.04. The number of rotatable bonds is 4. The van der Waals surface area contributed by atoms with E-state index in [-0.39, 0.29) is 18.4 Å². The zero-order valence-corrected chi connectivity index (χ0v) is 12.0. The number of benzene rings is 1. The van der Waals surface area contributed by atoms with Crippen molar-refractivity contribution >= 4 is 11.9 Å². The number of carboxylic acids is 1. The fourth-order valence-corrected chi connectivity index (χ4v) is 2.93. The van der Waals surface area contributed by atoms with Gasteiger partial charge in [-0.25, -0.2) is 0 Å². The van der Waals surface area contributed by atoms with Crippen molar-refractivity contribution in [3.63, 3.8) is 0 Å². The molecule has 3 rings (SSSR count). The van der Waals surface area contributed by atoms with E-state index >= 15 is 0 Å². The average Bonchev–Trinajstić information content (AvgIpc) is 3.13. The number of hydrogen-bond acceptors (Lipinski definition) is 3. The molecule has 0 spiro atoms. The van der Waals surface area contributed by atoms with Crippen LogP contribution in [0.2, 0.25) is 0 Å². The lowest BCUT2D eigenvalue weighted by atomic mass is 9.99. The number of carbonyl (C=O) groups excluding carboxylic acids is 1. The lowest BCUT2D eigenvalue weighted by Gasteiger charge is -2.24. The number of nitrogens with zero attached hydrogens (tertiary/aromatic N) is 1. The first-order chi connectivity index (χ1) is 10.0. The third-order valence-electron chi connectivity index (χ3n) is 4.37. The Bertz CT molecular complexity index is 553. The van der Waals surface area contributed by atoms with Crippen molar-refractivity contribution < 1.29 is 19.4 Å². The number of para-hydroxylation sites is 1. The number of amides is 1. The maximum atomic E-state index is 12.7. The van der Waals surface area contributed by atoms with Gasteiger partial charge in [0.05, 0.1) is 5.92 Å². The Morgan fingerprint density at radius 1 is 1.24 bits per heavy atom. The molecule has 0 bridgehead atoms. The molecule has 1 aromatic rings. The minimum atomic E-state index is -0.827. The largest absolute Gasteiger partial charge is 0.481 e. The predicted octanol–water partition coefficient (Wildman–Crippen LogP) is 1.78. The Morgan fingerprint density at radius 2 is 1.90 bits per heavy atom. The summed E-state index contributed by atoms with van der Waals surface area (Å²) in [6, 6.07) is 9.30. The standard InChI is InChI=1S/C16H19NO4/c1-11-9-17(10-13(11)14(18)19)15(20)16(7-8-16)21-12-5-3-2-4-6-12/h2-6,11,13H,7-10H2,1H3,(H,18,19)/t11-,13-/m1/s1. The van der Waals surface area contributed by atoms with Crippen molar-refractivity contribution in [1.82, 2.24) is 4.90 Å². The zero-order valence-electron chi connectivity index (χ0n) is 12.0. The SMILES string of the molecule is C[C@@H]1CN(C(=O)C2(Oc3ccccc3)CC2)C[C@H]1C(=O)O. The highest BCUT2D eigenvalue weighted by molar-refractivity contribution is 5.89. The summed E-state index contributed by atoms with van der Waals surface area (Å²) in [7, 11) is 0. The molecule has 2 fully saturated rings. The molecule has 5 nitrogen and oxygen atoms in total. The van der Waals surface area contributed by atoms with E-state index in [2.05, 4.69) is 0 Å². The van der Waals surface area contributed by atoms with E-state index in [0.29, 0.717) is 25.1 Å². The van der Waals surface area contributed by atoms with Crippen LogP contribution >= 0.6 is 0 Å². The molecule has 1 N–H and O–H groups in total. The molecule has 1 aliphatic heterocycles. The highest BCUT2D eigenvalue weighted by atomic mass is 16.5. The van der Waals surface area contributed by atoms with E-state index < -0.39 is 17.5 Å². The van der Waals surface area contributed by atoms with Gasteiger partial charge < -0.3 is 14.7 Å². The van der Waals surface area contributed by atoms with Gasteiger partial charge in [0.1, 0.15) is 5.75 Å². The third-order valence-corrected chi connectivity index (χ3v) is 4.37. The first-order valence-electron chi connectivity index (χ1n) is 7.28. The van der Waals surface area contributed by atoms with Gasteiger partial charge in [-0.05, 0) is 18.1 Å². The number of likely N-dealkylation sites (tertiary alicyclic amines) is 1. The first kappa shape index (κ1) is 13.9. The van der Waals surface area contributed by atoms with Crippen molar-refractivity contribution in [2.75, 3.05) is 13.1 Å². The number of carbonyl (C=O) groups is 2.